The van der Waals surface area contributed by atoms with E-state index in [2.05, 4.69) is 4.72 Å². The van der Waals surface area contributed by atoms with Crippen LogP contribution in [0.5, 0.6) is 0 Å². The molecule has 0 aliphatic carbocycles. The third-order valence-electron chi connectivity index (χ3n) is 5.53. The lowest BCUT2D eigenvalue weighted by Gasteiger charge is -2.33. The van der Waals surface area contributed by atoms with Gasteiger partial charge in [0.15, 0.2) is 0 Å². The Kier molecular flexibility index (Phi) is 5.35. The highest BCUT2D eigenvalue weighted by Crippen LogP contribution is 2.23. The van der Waals surface area contributed by atoms with Crippen molar-refractivity contribution in [2.24, 2.45) is 0 Å². The summed E-state index contributed by atoms with van der Waals surface area (Å²) in [5, 5.41) is 0.693. The number of hydrogen-bond donors (Lipinski definition) is 1. The zero-order chi connectivity index (χ0) is 20.6. The maximum absolute atomic E-state index is 12.8. The van der Waals surface area contributed by atoms with Gasteiger partial charge in [0.25, 0.3) is 0 Å². The minimum Gasteiger partial charge on any atom is -0.461 e. The average Bonchev–Trinajstić information content (AvgIpc) is 3.32. The lowest BCUT2D eigenvalue weighted by molar-refractivity contribution is -0.142. The van der Waals surface area contributed by atoms with Crippen molar-refractivity contribution in [3.8, 4) is 0 Å². The minimum absolute atomic E-state index is 0.0112. The Bertz CT molecular complexity index is 1040. The van der Waals surface area contributed by atoms with Gasteiger partial charge < -0.3 is 14.2 Å². The third-order valence-corrected chi connectivity index (χ3v) is 7.00. The highest BCUT2D eigenvalue weighted by atomic mass is 32.2. The van der Waals surface area contributed by atoms with E-state index in [0.717, 1.165) is 25.9 Å². The third kappa shape index (κ3) is 4.16. The Morgan fingerprint density at radius 1 is 1.17 bits per heavy atom. The molecule has 2 saturated heterocycles. The number of fused-ring (bicyclic) bond motifs is 1. The van der Waals surface area contributed by atoms with E-state index in [4.69, 9.17) is 4.42 Å². The first-order chi connectivity index (χ1) is 13.8. The standard InChI is InChI=1S/C20H25N3O5S/c1-14-11-15-12-16(6-7-18(15)28-14)29(26,27)21-17-5-4-10-23(20(17)25)13-19(24)22-8-2-3-9-22/h6-7,11-12,17,21H,2-5,8-10,13H2,1H3/t17-/m0/s1. The van der Waals surface area contributed by atoms with Gasteiger partial charge in [0.2, 0.25) is 21.8 Å². The number of amides is 2. The zero-order valence-electron chi connectivity index (χ0n) is 16.4. The molecule has 2 amide bonds. The van der Waals surface area contributed by atoms with Gasteiger partial charge in [-0.1, -0.05) is 0 Å². The molecule has 29 heavy (non-hydrogen) atoms. The molecule has 4 rings (SSSR count). The van der Waals surface area contributed by atoms with E-state index in [0.29, 0.717) is 36.1 Å². The van der Waals surface area contributed by atoms with E-state index in [1.165, 1.54) is 17.0 Å². The molecule has 3 heterocycles. The van der Waals surface area contributed by atoms with Crippen molar-refractivity contribution < 1.29 is 22.4 Å². The van der Waals surface area contributed by atoms with E-state index in [-0.39, 0.29) is 23.3 Å². The Labute approximate surface area is 169 Å². The number of likely N-dealkylation sites (tertiary alicyclic amines) is 2. The number of benzene rings is 1. The number of furan rings is 1. The van der Waals surface area contributed by atoms with Gasteiger partial charge in [-0.05, 0) is 56.9 Å². The highest BCUT2D eigenvalue weighted by Gasteiger charge is 2.34. The quantitative estimate of drug-likeness (QED) is 0.794. The molecule has 1 aromatic heterocycles. The maximum atomic E-state index is 12.8. The molecule has 8 nitrogen and oxygen atoms in total. The van der Waals surface area contributed by atoms with E-state index in [9.17, 15) is 18.0 Å². The van der Waals surface area contributed by atoms with Crippen LogP contribution in [0.3, 0.4) is 0 Å². The minimum atomic E-state index is -3.88. The second-order valence-corrected chi connectivity index (χ2v) is 9.43. The molecule has 1 aromatic carbocycles. The fourth-order valence-electron chi connectivity index (χ4n) is 4.01. The number of nitrogens with one attached hydrogen (secondary N) is 1. The number of carbonyl (C=O) groups excluding carboxylic acids is 2. The van der Waals surface area contributed by atoms with Crippen LogP contribution < -0.4 is 4.72 Å². The predicted octanol–water partition coefficient (Wildman–Crippen LogP) is 1.63. The van der Waals surface area contributed by atoms with Gasteiger partial charge >= 0.3 is 0 Å². The fourth-order valence-corrected chi connectivity index (χ4v) is 5.27. The number of piperidine rings is 1. The van der Waals surface area contributed by atoms with Gasteiger partial charge in [-0.25, -0.2) is 8.42 Å². The first kappa shape index (κ1) is 19.9. The van der Waals surface area contributed by atoms with Gasteiger partial charge in [-0.3, -0.25) is 9.59 Å². The van der Waals surface area contributed by atoms with Gasteiger partial charge in [-0.15, -0.1) is 0 Å². The molecule has 9 heteroatoms. The summed E-state index contributed by atoms with van der Waals surface area (Å²) in [6, 6.07) is 5.53. The summed E-state index contributed by atoms with van der Waals surface area (Å²) in [6.45, 7) is 3.74. The Hall–Kier alpha value is -2.39. The van der Waals surface area contributed by atoms with Crippen molar-refractivity contribution in [1.29, 1.82) is 0 Å². The molecule has 1 atom stereocenters. The Morgan fingerprint density at radius 3 is 2.69 bits per heavy atom. The van der Waals surface area contributed by atoms with Crippen LogP contribution in [0, 0.1) is 6.92 Å². The number of hydrogen-bond acceptors (Lipinski definition) is 5. The monoisotopic (exact) mass is 419 g/mol. The molecule has 0 bridgehead atoms. The summed E-state index contributed by atoms with van der Waals surface area (Å²) in [7, 11) is -3.88. The number of aryl methyl sites for hydroxylation is 1. The fraction of sp³-hybridized carbons (Fsp3) is 0.500. The molecule has 0 radical (unpaired) electrons. The van der Waals surface area contributed by atoms with Crippen molar-refractivity contribution in [2.75, 3.05) is 26.2 Å². The molecule has 2 fully saturated rings. The molecule has 1 N–H and O–H groups in total. The zero-order valence-corrected chi connectivity index (χ0v) is 17.2. The first-order valence-corrected chi connectivity index (χ1v) is 11.4. The number of carbonyl (C=O) groups is 2. The molecule has 2 aliphatic heterocycles. The van der Waals surface area contributed by atoms with Gasteiger partial charge in [0.05, 0.1) is 11.4 Å². The van der Waals surface area contributed by atoms with Crippen molar-refractivity contribution in [1.82, 2.24) is 14.5 Å². The van der Waals surface area contributed by atoms with Crippen LogP contribution in [0.25, 0.3) is 11.0 Å². The number of rotatable bonds is 5. The normalized spacial score (nSPS) is 20.6. The molecule has 0 spiro atoms. The second-order valence-electron chi connectivity index (χ2n) is 7.72. The molecule has 2 aromatic rings. The number of sulfonamides is 1. The lowest BCUT2D eigenvalue weighted by atomic mass is 10.1. The van der Waals surface area contributed by atoms with Crippen LogP contribution in [0.2, 0.25) is 0 Å². The summed E-state index contributed by atoms with van der Waals surface area (Å²) in [4.78, 5) is 28.5. The van der Waals surface area contributed by atoms with E-state index in [1.54, 1.807) is 24.0 Å². The van der Waals surface area contributed by atoms with Crippen molar-refractivity contribution in [2.45, 2.75) is 43.5 Å². The van der Waals surface area contributed by atoms with Crippen LogP contribution in [-0.2, 0) is 19.6 Å². The average molecular weight is 420 g/mol. The topological polar surface area (TPSA) is 99.9 Å². The Morgan fingerprint density at radius 2 is 1.93 bits per heavy atom. The van der Waals surface area contributed by atoms with Gasteiger partial charge in [0, 0.05) is 25.0 Å². The molecular weight excluding hydrogens is 394 g/mol. The van der Waals surface area contributed by atoms with Gasteiger partial charge in [-0.2, -0.15) is 4.72 Å². The van der Waals surface area contributed by atoms with Crippen LogP contribution in [0.15, 0.2) is 33.6 Å². The summed E-state index contributed by atoms with van der Waals surface area (Å²) in [5.41, 5.74) is 0.613. The largest absolute Gasteiger partial charge is 0.461 e. The lowest BCUT2D eigenvalue weighted by Crippen LogP contribution is -2.54. The molecular formula is C20H25N3O5S. The number of nitrogens with zero attached hydrogens (tertiary/aromatic N) is 2. The van der Waals surface area contributed by atoms with Crippen LogP contribution in [0.4, 0.5) is 0 Å². The SMILES string of the molecule is Cc1cc2cc(S(=O)(=O)N[C@H]3CCCN(CC(=O)N4CCCC4)C3=O)ccc2o1. The predicted molar refractivity (Wildman–Crippen MR) is 107 cm³/mol. The summed E-state index contributed by atoms with van der Waals surface area (Å²) >= 11 is 0. The van der Waals surface area contributed by atoms with Gasteiger partial charge in [0.1, 0.15) is 17.4 Å². The van der Waals surface area contributed by atoms with Crippen LogP contribution in [0.1, 0.15) is 31.4 Å². The summed E-state index contributed by atoms with van der Waals surface area (Å²) < 4.78 is 33.7. The summed E-state index contributed by atoms with van der Waals surface area (Å²) in [5.74, 6) is 0.288. The van der Waals surface area contributed by atoms with Crippen molar-refractivity contribution >= 4 is 32.8 Å². The highest BCUT2D eigenvalue weighted by molar-refractivity contribution is 7.89. The summed E-state index contributed by atoms with van der Waals surface area (Å²) in [6.07, 6.45) is 3.04. The molecule has 0 unspecified atom stereocenters. The molecule has 2 aliphatic rings. The maximum Gasteiger partial charge on any atom is 0.242 e. The van der Waals surface area contributed by atoms with Crippen molar-refractivity contribution in [3.63, 3.8) is 0 Å². The Balaban J connectivity index is 1.46. The van der Waals surface area contributed by atoms with Crippen LogP contribution >= 0.6 is 0 Å². The second kappa shape index (κ2) is 7.79. The molecule has 0 saturated carbocycles. The molecule has 156 valence electrons. The van der Waals surface area contributed by atoms with Crippen molar-refractivity contribution in [3.05, 3.63) is 30.0 Å². The smallest absolute Gasteiger partial charge is 0.242 e. The van der Waals surface area contributed by atoms with E-state index >= 15 is 0 Å². The van der Waals surface area contributed by atoms with Crippen LogP contribution in [-0.4, -0.2) is 62.3 Å². The van der Waals surface area contributed by atoms with E-state index < -0.39 is 16.1 Å². The first-order valence-electron chi connectivity index (χ1n) is 9.92. The van der Waals surface area contributed by atoms with E-state index in [1.807, 2.05) is 0 Å².